The van der Waals surface area contributed by atoms with Gasteiger partial charge in [-0.15, -0.1) is 0 Å². The van der Waals surface area contributed by atoms with E-state index in [4.69, 9.17) is 0 Å². The zero-order chi connectivity index (χ0) is 21.2. The van der Waals surface area contributed by atoms with Crippen LogP contribution in [0, 0.1) is 29.1 Å². The van der Waals surface area contributed by atoms with Crippen molar-refractivity contribution in [2.75, 3.05) is 0 Å². The van der Waals surface area contributed by atoms with Crippen LogP contribution in [0.5, 0.6) is 0 Å². The fraction of sp³-hybridized carbons (Fsp3) is 0.704. The molecule has 162 valence electrons. The number of aliphatic hydroxyl groups excluding tert-OH is 2. The first kappa shape index (κ1) is 22.6. The third kappa shape index (κ3) is 4.97. The fourth-order valence-corrected chi connectivity index (χ4v) is 6.31. The lowest BCUT2D eigenvalue weighted by atomic mass is 9.61. The van der Waals surface area contributed by atoms with Gasteiger partial charge in [-0.05, 0) is 85.2 Å². The van der Waals surface area contributed by atoms with Crippen LogP contribution < -0.4 is 0 Å². The molecule has 0 aromatic rings. The van der Waals surface area contributed by atoms with Crippen LogP contribution in [0.3, 0.4) is 0 Å². The average Bonchev–Trinajstić information content (AvgIpc) is 3.00. The molecular formula is C27H42O2. The van der Waals surface area contributed by atoms with E-state index < -0.39 is 12.2 Å². The van der Waals surface area contributed by atoms with Crippen molar-refractivity contribution in [3.05, 3.63) is 47.6 Å². The first-order chi connectivity index (χ1) is 13.7. The molecule has 0 aromatic heterocycles. The topological polar surface area (TPSA) is 40.5 Å². The van der Waals surface area contributed by atoms with E-state index in [9.17, 15) is 10.2 Å². The lowest BCUT2D eigenvalue weighted by Gasteiger charge is -2.44. The molecule has 0 unspecified atom stereocenters. The summed E-state index contributed by atoms with van der Waals surface area (Å²) >= 11 is 0. The van der Waals surface area contributed by atoms with E-state index in [1.807, 2.05) is 0 Å². The zero-order valence-electron chi connectivity index (χ0n) is 19.0. The summed E-state index contributed by atoms with van der Waals surface area (Å²) in [5, 5.41) is 20.1. The Morgan fingerprint density at radius 2 is 1.93 bits per heavy atom. The Labute approximate surface area is 178 Å². The Kier molecular flexibility index (Phi) is 7.27. The van der Waals surface area contributed by atoms with Gasteiger partial charge >= 0.3 is 0 Å². The summed E-state index contributed by atoms with van der Waals surface area (Å²) in [5.74, 6) is 2.81. The van der Waals surface area contributed by atoms with Gasteiger partial charge in [-0.2, -0.15) is 0 Å². The Hall–Kier alpha value is -1.12. The van der Waals surface area contributed by atoms with Crippen LogP contribution in [-0.4, -0.2) is 22.4 Å². The second-order valence-corrected chi connectivity index (χ2v) is 10.6. The van der Waals surface area contributed by atoms with Crippen molar-refractivity contribution >= 4 is 0 Å². The summed E-state index contributed by atoms with van der Waals surface area (Å²) in [4.78, 5) is 0. The van der Waals surface area contributed by atoms with Crippen LogP contribution in [0.1, 0.15) is 79.1 Å². The SMILES string of the molecule is C=C1/C(=C/C=C2\CCC[C@]3(C)[C@@H]([C@H](C)/C=C/CC(C)C)CC[C@@H]23)C[C@@H](O)C[C@@H]1O. The van der Waals surface area contributed by atoms with Crippen molar-refractivity contribution in [3.8, 4) is 0 Å². The summed E-state index contributed by atoms with van der Waals surface area (Å²) in [6.07, 6.45) is 16.9. The summed E-state index contributed by atoms with van der Waals surface area (Å²) in [6, 6.07) is 0. The quantitative estimate of drug-likeness (QED) is 0.529. The van der Waals surface area contributed by atoms with E-state index in [0.717, 1.165) is 23.0 Å². The van der Waals surface area contributed by atoms with Gasteiger partial charge in [-0.1, -0.05) is 64.2 Å². The molecule has 3 rings (SSSR count). The number of fused-ring (bicyclic) bond motifs is 1. The minimum atomic E-state index is -0.602. The van der Waals surface area contributed by atoms with Crippen LogP contribution in [-0.2, 0) is 0 Å². The maximum absolute atomic E-state index is 10.1. The lowest BCUT2D eigenvalue weighted by molar-refractivity contribution is 0.0862. The highest BCUT2D eigenvalue weighted by Crippen LogP contribution is 2.59. The monoisotopic (exact) mass is 398 g/mol. The molecule has 2 N–H and O–H groups in total. The van der Waals surface area contributed by atoms with Crippen LogP contribution in [0.15, 0.2) is 47.6 Å². The van der Waals surface area contributed by atoms with E-state index >= 15 is 0 Å². The maximum Gasteiger partial charge on any atom is 0.0811 e. The second-order valence-electron chi connectivity index (χ2n) is 10.6. The van der Waals surface area contributed by atoms with E-state index in [0.29, 0.717) is 30.1 Å². The van der Waals surface area contributed by atoms with Gasteiger partial charge in [0.25, 0.3) is 0 Å². The summed E-state index contributed by atoms with van der Waals surface area (Å²) < 4.78 is 0. The van der Waals surface area contributed by atoms with Crippen molar-refractivity contribution < 1.29 is 10.2 Å². The number of hydrogen-bond donors (Lipinski definition) is 2. The minimum Gasteiger partial charge on any atom is -0.393 e. The summed E-state index contributed by atoms with van der Waals surface area (Å²) in [7, 11) is 0. The van der Waals surface area contributed by atoms with Gasteiger partial charge < -0.3 is 10.2 Å². The molecule has 3 saturated carbocycles. The maximum atomic E-state index is 10.1. The van der Waals surface area contributed by atoms with Gasteiger partial charge in [0.1, 0.15) is 0 Å². The Morgan fingerprint density at radius 3 is 2.66 bits per heavy atom. The molecule has 3 fully saturated rings. The zero-order valence-corrected chi connectivity index (χ0v) is 19.0. The molecule has 0 aliphatic heterocycles. The van der Waals surface area contributed by atoms with Gasteiger partial charge in [0.05, 0.1) is 12.2 Å². The number of rotatable bonds is 5. The van der Waals surface area contributed by atoms with Crippen molar-refractivity contribution in [1.82, 2.24) is 0 Å². The molecule has 0 amide bonds. The normalized spacial score (nSPS) is 39.6. The highest BCUT2D eigenvalue weighted by Gasteiger charge is 2.50. The molecule has 6 atom stereocenters. The first-order valence-electron chi connectivity index (χ1n) is 11.8. The van der Waals surface area contributed by atoms with Gasteiger partial charge in [-0.25, -0.2) is 0 Å². The number of aliphatic hydroxyl groups is 2. The molecule has 29 heavy (non-hydrogen) atoms. The van der Waals surface area contributed by atoms with Crippen LogP contribution in [0.25, 0.3) is 0 Å². The molecule has 0 aromatic carbocycles. The number of hydrogen-bond acceptors (Lipinski definition) is 2. The predicted octanol–water partition coefficient (Wildman–Crippen LogP) is 6.37. The molecule has 2 heteroatoms. The highest BCUT2D eigenvalue weighted by atomic mass is 16.3. The largest absolute Gasteiger partial charge is 0.393 e. The Bertz CT molecular complexity index is 683. The Morgan fingerprint density at radius 1 is 1.17 bits per heavy atom. The Balaban J connectivity index is 1.75. The number of allylic oxidation sites excluding steroid dienone is 5. The fourth-order valence-electron chi connectivity index (χ4n) is 6.31. The third-order valence-corrected chi connectivity index (χ3v) is 7.98. The van der Waals surface area contributed by atoms with Gasteiger partial charge in [0.2, 0.25) is 0 Å². The minimum absolute atomic E-state index is 0.396. The van der Waals surface area contributed by atoms with E-state index in [2.05, 4.69) is 58.6 Å². The molecule has 0 heterocycles. The van der Waals surface area contributed by atoms with E-state index in [-0.39, 0.29) is 0 Å². The average molecular weight is 399 g/mol. The predicted molar refractivity (Wildman–Crippen MR) is 122 cm³/mol. The summed E-state index contributed by atoms with van der Waals surface area (Å²) in [5.41, 5.74) is 3.79. The smallest absolute Gasteiger partial charge is 0.0811 e. The van der Waals surface area contributed by atoms with Crippen molar-refractivity contribution in [3.63, 3.8) is 0 Å². The second kappa shape index (κ2) is 9.35. The van der Waals surface area contributed by atoms with Crippen molar-refractivity contribution in [1.29, 1.82) is 0 Å². The highest BCUT2D eigenvalue weighted by molar-refractivity contribution is 5.38. The van der Waals surface area contributed by atoms with Gasteiger partial charge in [-0.3, -0.25) is 0 Å². The lowest BCUT2D eigenvalue weighted by Crippen LogP contribution is -2.35. The summed E-state index contributed by atoms with van der Waals surface area (Å²) in [6.45, 7) is 13.6. The van der Waals surface area contributed by atoms with E-state index in [1.165, 1.54) is 38.5 Å². The van der Waals surface area contributed by atoms with Gasteiger partial charge in [0.15, 0.2) is 0 Å². The van der Waals surface area contributed by atoms with Crippen LogP contribution in [0.4, 0.5) is 0 Å². The molecule has 0 radical (unpaired) electrons. The van der Waals surface area contributed by atoms with Crippen molar-refractivity contribution in [2.45, 2.75) is 91.3 Å². The van der Waals surface area contributed by atoms with Crippen LogP contribution in [0.2, 0.25) is 0 Å². The van der Waals surface area contributed by atoms with Crippen LogP contribution >= 0.6 is 0 Å². The molecule has 0 spiro atoms. The molecule has 0 saturated heterocycles. The van der Waals surface area contributed by atoms with E-state index in [1.54, 1.807) is 5.57 Å². The first-order valence-corrected chi connectivity index (χ1v) is 11.8. The molecule has 0 bridgehead atoms. The molecule has 3 aliphatic rings. The van der Waals surface area contributed by atoms with Gasteiger partial charge in [0, 0.05) is 6.42 Å². The molecule has 3 aliphatic carbocycles. The van der Waals surface area contributed by atoms with Crippen molar-refractivity contribution in [2.24, 2.45) is 29.1 Å². The standard InChI is InChI=1S/C27H42O2/c1-18(2)8-6-9-19(3)24-13-14-25-21(10-7-15-27(24,25)5)11-12-22-16-23(28)17-26(29)20(22)4/h6,9,11-12,18-19,23-26,28-29H,4,7-8,10,13-17H2,1-3,5H3/b9-6+,21-11+,22-12+/t19-,23-,24-,25+,26+,27-/m1/s1. The molecular weight excluding hydrogens is 356 g/mol. The third-order valence-electron chi connectivity index (χ3n) is 7.98. The molecule has 2 nitrogen and oxygen atoms in total.